The number of nitro benzene ring substituents is 1. The number of rotatable bonds is 3. The van der Waals surface area contributed by atoms with Crippen LogP contribution in [0.15, 0.2) is 36.5 Å². The Morgan fingerprint density at radius 2 is 2.10 bits per heavy atom. The number of carbonyl (C=O) groups is 1. The normalized spacial score (nSPS) is 10.1. The molecule has 102 valence electrons. The molecule has 0 spiro atoms. The van der Waals surface area contributed by atoms with Crippen LogP contribution < -0.4 is 5.32 Å². The number of phenols is 1. The third-order valence-electron chi connectivity index (χ3n) is 2.39. The molecule has 0 unspecified atom stereocenters. The largest absolute Gasteiger partial charge is 0.506 e. The second-order valence-corrected chi connectivity index (χ2v) is 4.21. The quantitative estimate of drug-likeness (QED) is 0.514. The summed E-state index contributed by atoms with van der Waals surface area (Å²) in [5.41, 5.74) is -0.300. The zero-order valence-corrected chi connectivity index (χ0v) is 10.7. The maximum Gasteiger partial charge on any atom is 0.274 e. The Bertz CT molecular complexity index is 690. The molecule has 0 bridgehead atoms. The van der Waals surface area contributed by atoms with Gasteiger partial charge in [-0.1, -0.05) is 11.6 Å². The molecule has 0 aliphatic carbocycles. The lowest BCUT2D eigenvalue weighted by Gasteiger charge is -2.06. The Labute approximate surface area is 118 Å². The number of halogens is 1. The molecule has 0 saturated heterocycles. The van der Waals surface area contributed by atoms with Gasteiger partial charge >= 0.3 is 0 Å². The topological polar surface area (TPSA) is 105 Å². The number of aromatic hydroxyl groups is 1. The Morgan fingerprint density at radius 1 is 1.35 bits per heavy atom. The SMILES string of the molecule is O=C(Nc1cc([N+](=O)[O-])ccc1O)c1cc(Cl)ccn1. The first-order chi connectivity index (χ1) is 9.47. The summed E-state index contributed by atoms with van der Waals surface area (Å²) in [6.45, 7) is 0. The predicted octanol–water partition coefficient (Wildman–Crippen LogP) is 2.60. The fourth-order valence-electron chi connectivity index (χ4n) is 1.45. The van der Waals surface area contributed by atoms with Crippen LogP contribution in [0.25, 0.3) is 0 Å². The minimum Gasteiger partial charge on any atom is -0.506 e. The lowest BCUT2D eigenvalue weighted by atomic mass is 10.2. The van der Waals surface area contributed by atoms with Crippen LogP contribution in [0.3, 0.4) is 0 Å². The van der Waals surface area contributed by atoms with E-state index < -0.39 is 10.8 Å². The van der Waals surface area contributed by atoms with E-state index in [0.29, 0.717) is 5.02 Å². The zero-order valence-electron chi connectivity index (χ0n) is 9.91. The second-order valence-electron chi connectivity index (χ2n) is 3.77. The van der Waals surface area contributed by atoms with Crippen molar-refractivity contribution in [3.05, 3.63) is 57.4 Å². The number of nitrogens with zero attached hydrogens (tertiary/aromatic N) is 2. The van der Waals surface area contributed by atoms with E-state index in [-0.39, 0.29) is 22.8 Å². The van der Waals surface area contributed by atoms with Gasteiger partial charge in [-0.15, -0.1) is 0 Å². The van der Waals surface area contributed by atoms with Crippen molar-refractivity contribution in [3.63, 3.8) is 0 Å². The lowest BCUT2D eigenvalue weighted by Crippen LogP contribution is -2.13. The molecule has 0 radical (unpaired) electrons. The highest BCUT2D eigenvalue weighted by atomic mass is 35.5. The molecule has 1 aromatic heterocycles. The molecule has 8 heteroatoms. The number of pyridine rings is 1. The highest BCUT2D eigenvalue weighted by Crippen LogP contribution is 2.28. The van der Waals surface area contributed by atoms with Crippen molar-refractivity contribution in [1.82, 2.24) is 4.98 Å². The average Bonchev–Trinajstić information content (AvgIpc) is 2.41. The van der Waals surface area contributed by atoms with Crippen molar-refractivity contribution >= 4 is 28.9 Å². The molecule has 2 rings (SSSR count). The van der Waals surface area contributed by atoms with Crippen LogP contribution in [0.5, 0.6) is 5.75 Å². The molecule has 1 aromatic carbocycles. The molecule has 1 amide bonds. The molecular weight excluding hydrogens is 286 g/mol. The second kappa shape index (κ2) is 5.54. The smallest absolute Gasteiger partial charge is 0.274 e. The van der Waals surface area contributed by atoms with Gasteiger partial charge in [-0.25, -0.2) is 0 Å². The van der Waals surface area contributed by atoms with Crippen molar-refractivity contribution in [2.75, 3.05) is 5.32 Å². The summed E-state index contributed by atoms with van der Waals surface area (Å²) in [5.74, 6) is -0.922. The average molecular weight is 294 g/mol. The molecule has 7 nitrogen and oxygen atoms in total. The van der Waals surface area contributed by atoms with Gasteiger partial charge < -0.3 is 10.4 Å². The van der Waals surface area contributed by atoms with Crippen molar-refractivity contribution < 1.29 is 14.8 Å². The van der Waals surface area contributed by atoms with Gasteiger partial charge in [0.2, 0.25) is 0 Å². The first-order valence-corrected chi connectivity index (χ1v) is 5.75. The van der Waals surface area contributed by atoms with Gasteiger partial charge in [0.05, 0.1) is 10.6 Å². The third kappa shape index (κ3) is 3.01. The van der Waals surface area contributed by atoms with E-state index in [4.69, 9.17) is 11.6 Å². The number of anilines is 1. The molecule has 2 N–H and O–H groups in total. The minimum absolute atomic E-state index is 0.0309. The van der Waals surface area contributed by atoms with Crippen molar-refractivity contribution in [1.29, 1.82) is 0 Å². The molecule has 0 fully saturated rings. The minimum atomic E-state index is -0.636. The van der Waals surface area contributed by atoms with Crippen molar-refractivity contribution in [2.24, 2.45) is 0 Å². The molecule has 0 aliphatic rings. The number of amides is 1. The van der Waals surface area contributed by atoms with Crippen LogP contribution in [-0.4, -0.2) is 20.9 Å². The first kappa shape index (κ1) is 13.8. The van der Waals surface area contributed by atoms with Crippen molar-refractivity contribution in [2.45, 2.75) is 0 Å². The Morgan fingerprint density at radius 3 is 2.75 bits per heavy atom. The van der Waals surface area contributed by atoms with Crippen LogP contribution in [0.1, 0.15) is 10.5 Å². The predicted molar refractivity (Wildman–Crippen MR) is 72.0 cm³/mol. The number of aromatic nitrogens is 1. The summed E-state index contributed by atoms with van der Waals surface area (Å²) in [4.78, 5) is 25.7. The molecule has 1 heterocycles. The summed E-state index contributed by atoms with van der Waals surface area (Å²) in [6, 6.07) is 6.15. The lowest BCUT2D eigenvalue weighted by molar-refractivity contribution is -0.384. The van der Waals surface area contributed by atoms with E-state index in [1.54, 1.807) is 0 Å². The van der Waals surface area contributed by atoms with Gasteiger partial charge in [-0.3, -0.25) is 19.9 Å². The highest BCUT2D eigenvalue weighted by Gasteiger charge is 2.14. The monoisotopic (exact) mass is 293 g/mol. The van der Waals surface area contributed by atoms with E-state index in [1.165, 1.54) is 18.3 Å². The number of nitro groups is 1. The number of non-ortho nitro benzene ring substituents is 1. The van der Waals surface area contributed by atoms with Gasteiger partial charge in [-0.05, 0) is 18.2 Å². The molecule has 20 heavy (non-hydrogen) atoms. The van der Waals surface area contributed by atoms with Crippen molar-refractivity contribution in [3.8, 4) is 5.75 Å². The maximum absolute atomic E-state index is 11.9. The summed E-state index contributed by atoms with van der Waals surface area (Å²) < 4.78 is 0. The van der Waals surface area contributed by atoms with Gasteiger partial charge in [0.15, 0.2) is 0 Å². The van der Waals surface area contributed by atoms with E-state index in [9.17, 15) is 20.0 Å². The number of phenolic OH excluding ortho intramolecular Hbond substituents is 1. The Balaban J connectivity index is 2.27. The van der Waals surface area contributed by atoms with Crippen LogP contribution in [-0.2, 0) is 0 Å². The first-order valence-electron chi connectivity index (χ1n) is 5.37. The number of hydrogen-bond acceptors (Lipinski definition) is 5. The van der Waals surface area contributed by atoms with E-state index in [2.05, 4.69) is 10.3 Å². The van der Waals surface area contributed by atoms with Crippen LogP contribution >= 0.6 is 11.6 Å². The summed E-state index contributed by atoms with van der Waals surface area (Å²) >= 11 is 5.73. The van der Waals surface area contributed by atoms with Crippen LogP contribution in [0.4, 0.5) is 11.4 Å². The summed E-state index contributed by atoms with van der Waals surface area (Å²) in [7, 11) is 0. The molecule has 2 aromatic rings. The summed E-state index contributed by atoms with van der Waals surface area (Å²) in [6.07, 6.45) is 1.35. The molecule has 0 saturated carbocycles. The fraction of sp³-hybridized carbons (Fsp3) is 0. The number of benzene rings is 1. The van der Waals surface area contributed by atoms with Crippen LogP contribution in [0, 0.1) is 10.1 Å². The molecule has 0 aliphatic heterocycles. The number of hydrogen-bond donors (Lipinski definition) is 2. The fourth-order valence-corrected chi connectivity index (χ4v) is 1.61. The van der Waals surface area contributed by atoms with E-state index in [0.717, 1.165) is 18.2 Å². The number of carbonyl (C=O) groups excluding carboxylic acids is 1. The van der Waals surface area contributed by atoms with E-state index in [1.807, 2.05) is 0 Å². The molecule has 0 atom stereocenters. The highest BCUT2D eigenvalue weighted by molar-refractivity contribution is 6.30. The Hall–Kier alpha value is -2.67. The van der Waals surface area contributed by atoms with Gasteiger partial charge in [0.25, 0.3) is 11.6 Å². The number of nitrogens with one attached hydrogen (secondary N) is 1. The zero-order chi connectivity index (χ0) is 14.7. The third-order valence-corrected chi connectivity index (χ3v) is 2.63. The Kier molecular flexibility index (Phi) is 3.81. The van der Waals surface area contributed by atoms with Gasteiger partial charge in [0, 0.05) is 23.4 Å². The summed E-state index contributed by atoms with van der Waals surface area (Å²) in [5, 5.41) is 22.9. The van der Waals surface area contributed by atoms with Gasteiger partial charge in [-0.2, -0.15) is 0 Å². The van der Waals surface area contributed by atoms with Crippen LogP contribution in [0.2, 0.25) is 5.02 Å². The van der Waals surface area contributed by atoms with E-state index >= 15 is 0 Å². The standard InChI is InChI=1S/C12H8ClN3O4/c13-7-3-4-14-10(5-7)12(18)15-9-6-8(16(19)20)1-2-11(9)17/h1-6,17H,(H,15,18). The van der Waals surface area contributed by atoms with Gasteiger partial charge in [0.1, 0.15) is 11.4 Å². The molecular formula is C12H8ClN3O4. The maximum atomic E-state index is 11.9.